The average Bonchev–Trinajstić information content (AvgIpc) is 2.94. The van der Waals surface area contributed by atoms with Crippen LogP contribution in [-0.2, 0) is 24.5 Å². The molecule has 26 heavy (non-hydrogen) atoms. The van der Waals surface area contributed by atoms with Crippen LogP contribution in [0.5, 0.6) is 5.75 Å². The van der Waals surface area contributed by atoms with Gasteiger partial charge in [0.1, 0.15) is 12.4 Å². The average molecular weight is 392 g/mol. The number of nitrogens with zero attached hydrogens (tertiary/aromatic N) is 2. The molecular formula is C18H18ClN3O3S. The number of nitrogens with one attached hydrogen (secondary N) is 1. The van der Waals surface area contributed by atoms with E-state index in [0.717, 1.165) is 21.6 Å². The third kappa shape index (κ3) is 3.73. The lowest BCUT2D eigenvalue weighted by Gasteiger charge is -2.14. The minimum absolute atomic E-state index is 0.128. The molecule has 1 aromatic heterocycles. The third-order valence-electron chi connectivity index (χ3n) is 4.07. The van der Waals surface area contributed by atoms with Crippen molar-refractivity contribution in [3.8, 4) is 16.9 Å². The molecule has 0 fully saturated rings. The Morgan fingerprint density at radius 3 is 2.73 bits per heavy atom. The van der Waals surface area contributed by atoms with Crippen molar-refractivity contribution in [1.82, 2.24) is 14.8 Å². The second-order valence-corrected chi connectivity index (χ2v) is 7.66. The monoisotopic (exact) mass is 391 g/mol. The Balaban J connectivity index is 2.01. The number of hydrogen-bond acceptors (Lipinski definition) is 4. The van der Waals surface area contributed by atoms with Crippen molar-refractivity contribution in [1.29, 1.82) is 0 Å². The normalized spacial score (nSPS) is 12.2. The number of aryl methyl sites for hydroxylation is 1. The predicted octanol–water partition coefficient (Wildman–Crippen LogP) is 3.05. The quantitative estimate of drug-likeness (QED) is 0.725. The first-order chi connectivity index (χ1) is 12.4. The van der Waals surface area contributed by atoms with Crippen molar-refractivity contribution < 1.29 is 8.95 Å². The Kier molecular flexibility index (Phi) is 5.29. The van der Waals surface area contributed by atoms with Crippen LogP contribution in [0, 0.1) is 6.92 Å². The first-order valence-corrected chi connectivity index (χ1v) is 9.77. The van der Waals surface area contributed by atoms with E-state index >= 15 is 0 Å². The molecule has 1 heterocycles. The summed E-state index contributed by atoms with van der Waals surface area (Å²) < 4.78 is 19.1. The zero-order chi connectivity index (χ0) is 18.8. The molecule has 1 atom stereocenters. The van der Waals surface area contributed by atoms with E-state index in [0.29, 0.717) is 16.6 Å². The standard InChI is InChI=1S/C18H18ClN3O3S/c1-11-7-16(25-10-17-20-21-18(23)22(17)2)14(9-15(11)19)12-5-4-6-13(8-12)26(3)24/h4-9H,10H2,1-3H3,(H,21,23). The van der Waals surface area contributed by atoms with Crippen LogP contribution in [0.15, 0.2) is 46.1 Å². The molecule has 0 aliphatic heterocycles. The van der Waals surface area contributed by atoms with Gasteiger partial charge < -0.3 is 4.74 Å². The van der Waals surface area contributed by atoms with E-state index < -0.39 is 10.8 Å². The van der Waals surface area contributed by atoms with E-state index in [2.05, 4.69) is 10.2 Å². The Morgan fingerprint density at radius 1 is 1.31 bits per heavy atom. The Morgan fingerprint density at radius 2 is 2.08 bits per heavy atom. The highest BCUT2D eigenvalue weighted by Crippen LogP contribution is 2.35. The van der Waals surface area contributed by atoms with Crippen LogP contribution in [-0.4, -0.2) is 25.2 Å². The maximum absolute atomic E-state index is 11.8. The van der Waals surface area contributed by atoms with E-state index in [1.165, 1.54) is 4.57 Å². The molecule has 0 aliphatic rings. The number of H-pyrrole nitrogens is 1. The summed E-state index contributed by atoms with van der Waals surface area (Å²) >= 11 is 6.31. The molecule has 0 radical (unpaired) electrons. The maximum Gasteiger partial charge on any atom is 0.343 e. The number of halogens is 1. The van der Waals surface area contributed by atoms with Crippen molar-refractivity contribution in [2.24, 2.45) is 7.05 Å². The van der Waals surface area contributed by atoms with Crippen LogP contribution in [0.4, 0.5) is 0 Å². The van der Waals surface area contributed by atoms with Crippen molar-refractivity contribution in [3.05, 3.63) is 63.3 Å². The zero-order valence-electron chi connectivity index (χ0n) is 14.6. The van der Waals surface area contributed by atoms with Gasteiger partial charge in [-0.3, -0.25) is 8.78 Å². The van der Waals surface area contributed by atoms with Crippen LogP contribution < -0.4 is 10.4 Å². The fourth-order valence-corrected chi connectivity index (χ4v) is 3.22. The van der Waals surface area contributed by atoms with E-state index in [9.17, 15) is 9.00 Å². The highest BCUT2D eigenvalue weighted by Gasteiger charge is 2.13. The Hall–Kier alpha value is -2.38. The molecule has 136 valence electrons. The number of aromatic amines is 1. The van der Waals surface area contributed by atoms with Gasteiger partial charge in [-0.1, -0.05) is 23.7 Å². The largest absolute Gasteiger partial charge is 0.485 e. The summed E-state index contributed by atoms with van der Waals surface area (Å²) in [6.07, 6.45) is 1.64. The second kappa shape index (κ2) is 7.47. The first-order valence-electron chi connectivity index (χ1n) is 7.84. The summed E-state index contributed by atoms with van der Waals surface area (Å²) in [5, 5.41) is 6.94. The van der Waals surface area contributed by atoms with Crippen LogP contribution in [0.1, 0.15) is 11.4 Å². The van der Waals surface area contributed by atoms with E-state index in [1.807, 2.05) is 43.3 Å². The van der Waals surface area contributed by atoms with Gasteiger partial charge in [0.25, 0.3) is 0 Å². The first kappa shape index (κ1) is 18.4. The maximum atomic E-state index is 11.8. The predicted molar refractivity (Wildman–Crippen MR) is 102 cm³/mol. The third-order valence-corrected chi connectivity index (χ3v) is 5.39. The van der Waals surface area contributed by atoms with Gasteiger partial charge in [-0.05, 0) is 42.3 Å². The molecule has 0 amide bonds. The van der Waals surface area contributed by atoms with E-state index in [1.54, 1.807) is 13.3 Å². The zero-order valence-corrected chi connectivity index (χ0v) is 16.1. The Bertz CT molecular complexity index is 1040. The summed E-state index contributed by atoms with van der Waals surface area (Å²) in [7, 11) is 0.534. The summed E-state index contributed by atoms with van der Waals surface area (Å²) in [4.78, 5) is 12.2. The van der Waals surface area contributed by atoms with E-state index in [-0.39, 0.29) is 12.3 Å². The summed E-state index contributed by atoms with van der Waals surface area (Å²) in [5.74, 6) is 1.10. The summed E-state index contributed by atoms with van der Waals surface area (Å²) in [6, 6.07) is 11.1. The summed E-state index contributed by atoms with van der Waals surface area (Å²) in [5.41, 5.74) is 2.21. The van der Waals surface area contributed by atoms with Crippen molar-refractivity contribution in [2.75, 3.05) is 6.26 Å². The van der Waals surface area contributed by atoms with Crippen LogP contribution >= 0.6 is 11.6 Å². The molecule has 6 nitrogen and oxygen atoms in total. The van der Waals surface area contributed by atoms with Crippen molar-refractivity contribution in [2.45, 2.75) is 18.4 Å². The molecule has 0 aliphatic carbocycles. The van der Waals surface area contributed by atoms with Crippen LogP contribution in [0.3, 0.4) is 0 Å². The van der Waals surface area contributed by atoms with Crippen molar-refractivity contribution >= 4 is 22.4 Å². The summed E-state index contributed by atoms with van der Waals surface area (Å²) in [6.45, 7) is 2.02. The van der Waals surface area contributed by atoms with Gasteiger partial charge in [0, 0.05) is 39.6 Å². The lowest BCUT2D eigenvalue weighted by atomic mass is 10.0. The molecule has 3 aromatic rings. The van der Waals surface area contributed by atoms with Gasteiger partial charge in [0.05, 0.1) is 0 Å². The number of rotatable bonds is 5. The van der Waals surface area contributed by atoms with Gasteiger partial charge in [-0.15, -0.1) is 0 Å². The number of ether oxygens (including phenoxy) is 1. The van der Waals surface area contributed by atoms with Gasteiger partial charge in [0.15, 0.2) is 5.82 Å². The smallest absolute Gasteiger partial charge is 0.343 e. The number of hydrogen-bond donors (Lipinski definition) is 1. The highest BCUT2D eigenvalue weighted by molar-refractivity contribution is 7.84. The molecule has 2 aromatic carbocycles. The highest BCUT2D eigenvalue weighted by atomic mass is 35.5. The molecule has 3 rings (SSSR count). The van der Waals surface area contributed by atoms with E-state index in [4.69, 9.17) is 16.3 Å². The number of aromatic nitrogens is 3. The molecule has 0 saturated heterocycles. The minimum atomic E-state index is -1.09. The molecule has 0 saturated carbocycles. The minimum Gasteiger partial charge on any atom is -0.485 e. The molecule has 1 N–H and O–H groups in total. The molecular weight excluding hydrogens is 374 g/mol. The fraction of sp³-hybridized carbons (Fsp3) is 0.222. The fourth-order valence-electron chi connectivity index (χ4n) is 2.49. The van der Waals surface area contributed by atoms with Gasteiger partial charge >= 0.3 is 5.69 Å². The molecule has 8 heteroatoms. The lowest BCUT2D eigenvalue weighted by Crippen LogP contribution is -2.15. The van der Waals surface area contributed by atoms with Crippen LogP contribution in [0.25, 0.3) is 11.1 Å². The van der Waals surface area contributed by atoms with Crippen LogP contribution in [0.2, 0.25) is 5.02 Å². The SMILES string of the molecule is Cc1cc(OCc2n[nH]c(=O)n2C)c(-c2cccc(S(C)=O)c2)cc1Cl. The van der Waals surface area contributed by atoms with Gasteiger partial charge in [0.2, 0.25) is 0 Å². The van der Waals surface area contributed by atoms with Gasteiger partial charge in [-0.2, -0.15) is 5.10 Å². The lowest BCUT2D eigenvalue weighted by molar-refractivity contribution is 0.292. The number of benzene rings is 2. The molecule has 0 spiro atoms. The second-order valence-electron chi connectivity index (χ2n) is 5.87. The van der Waals surface area contributed by atoms with Crippen molar-refractivity contribution in [3.63, 3.8) is 0 Å². The molecule has 0 bridgehead atoms. The van der Waals surface area contributed by atoms with Gasteiger partial charge in [-0.25, -0.2) is 9.89 Å². The molecule has 1 unspecified atom stereocenters. The topological polar surface area (TPSA) is 77.0 Å². The Labute approximate surface area is 158 Å².